The van der Waals surface area contributed by atoms with E-state index in [4.69, 9.17) is 106 Å². The van der Waals surface area contributed by atoms with Crippen molar-refractivity contribution < 1.29 is 84.7 Å². The minimum Gasteiger partial charge on any atom is -0.475 e. The maximum absolute atomic E-state index is 10.6. The first-order chi connectivity index (χ1) is 58.9. The molecule has 0 amide bonds. The van der Waals surface area contributed by atoms with Crippen molar-refractivity contribution in [2.24, 2.45) is 34.4 Å². The van der Waals surface area contributed by atoms with Gasteiger partial charge in [-0.1, -0.05) is 315 Å². The third-order valence-corrected chi connectivity index (χ3v) is 24.2. The van der Waals surface area contributed by atoms with Crippen LogP contribution >= 0.6 is 0 Å². The van der Waals surface area contributed by atoms with E-state index in [1.54, 1.807) is 0 Å². The number of alkyl halides is 3. The summed E-state index contributed by atoms with van der Waals surface area (Å²) in [4.78, 5) is 8.90. The van der Waals surface area contributed by atoms with E-state index in [0.29, 0.717) is 0 Å². The SMILES string of the molecule is CC(C)(C)c1ccc(COC[C@H]2O[C@@H](O[C@@H]3[C@@H](OCc4ccc(C(C)(C)C)cc4)[C@H](N)C[C@H](N)[C@H]3O[C@H]3O[C@H](CN)[C@@H](OCc4ccc(C(C)(C)C)cc4)[C@H](OCc4ccc(C(C)(C)C)cc4)[C@H]3N)[C@H](OCc3ccc(C(C)(C)C)cc3)[C@@H]2O[C@H]2O[C@@H](CN)[C@@H](OCc3ccc(C(C)(C)C)cc3)[C@H](OCc3ccc(C(C)(C)C)cc3)[C@H]2N)cc1.O=C(O)C(F)(F)F. The van der Waals surface area contributed by atoms with Crippen LogP contribution in [-0.2, 0) is 151 Å². The summed E-state index contributed by atoms with van der Waals surface area (Å²) < 4.78 is 126. The molecule has 24 heteroatoms. The first kappa shape index (κ1) is 101. The van der Waals surface area contributed by atoms with Gasteiger partial charge < -0.3 is 101 Å². The van der Waals surface area contributed by atoms with Crippen LogP contribution in [0.1, 0.15) is 230 Å². The average Bonchev–Trinajstić information content (AvgIpc) is 1.42. The fourth-order valence-corrected chi connectivity index (χ4v) is 16.0. The van der Waals surface area contributed by atoms with Crippen molar-refractivity contribution in [1.82, 2.24) is 0 Å². The lowest BCUT2D eigenvalue weighted by molar-refractivity contribution is -0.318. The zero-order valence-electron chi connectivity index (χ0n) is 78.2. The van der Waals surface area contributed by atoms with Crippen molar-refractivity contribution in [2.45, 2.75) is 358 Å². The topological polar surface area (TPSA) is 313 Å². The highest BCUT2D eigenvalue weighted by atomic mass is 19.4. The molecule has 1 aliphatic carbocycles. The van der Waals surface area contributed by atoms with Crippen molar-refractivity contribution >= 4 is 5.97 Å². The van der Waals surface area contributed by atoms with Crippen LogP contribution in [0.3, 0.4) is 0 Å². The van der Waals surface area contributed by atoms with E-state index in [2.05, 4.69) is 315 Å². The number of carboxylic acid groups (broad SMARTS) is 1. The van der Waals surface area contributed by atoms with Crippen molar-refractivity contribution in [2.75, 3.05) is 19.7 Å². The summed E-state index contributed by atoms with van der Waals surface area (Å²) in [6, 6.07) is 55.8. The minimum absolute atomic E-state index is 0.00879. The number of rotatable bonds is 30. The third-order valence-electron chi connectivity index (χ3n) is 24.2. The third kappa shape index (κ3) is 27.6. The molecule has 3 saturated heterocycles. The lowest BCUT2D eigenvalue weighted by Crippen LogP contribution is -2.69. The lowest BCUT2D eigenvalue weighted by atomic mass is 9.84. The van der Waals surface area contributed by atoms with E-state index in [0.717, 1.165) is 44.5 Å². The summed E-state index contributed by atoms with van der Waals surface area (Å²) in [6.45, 7) is 47.5. The van der Waals surface area contributed by atoms with Crippen LogP contribution in [-0.4, -0.2) is 153 Å². The first-order valence-electron chi connectivity index (χ1n) is 44.5. The second-order valence-electron chi connectivity index (χ2n) is 41.7. The van der Waals surface area contributed by atoms with E-state index in [9.17, 15) is 13.2 Å². The van der Waals surface area contributed by atoms with Crippen LogP contribution in [0.5, 0.6) is 0 Å². The molecule has 4 fully saturated rings. The predicted octanol–water partition coefficient (Wildman–Crippen LogP) is 16.4. The van der Waals surface area contributed by atoms with Gasteiger partial charge in [0, 0.05) is 25.2 Å². The van der Waals surface area contributed by atoms with Gasteiger partial charge in [0.05, 0.1) is 64.9 Å². The molecule has 0 bridgehead atoms. The first-order valence-corrected chi connectivity index (χ1v) is 44.5. The molecule has 0 spiro atoms. The largest absolute Gasteiger partial charge is 0.490 e. The number of carboxylic acids is 1. The van der Waals surface area contributed by atoms with Crippen molar-refractivity contribution in [3.63, 3.8) is 0 Å². The predicted molar refractivity (Wildman–Crippen MR) is 486 cm³/mol. The number of nitrogens with two attached hydrogens (primary N) is 6. The van der Waals surface area contributed by atoms with Gasteiger partial charge in [-0.25, -0.2) is 4.79 Å². The summed E-state index contributed by atoms with van der Waals surface area (Å²) >= 11 is 0. The molecule has 7 aromatic rings. The quantitative estimate of drug-likeness (QED) is 0.0220. The van der Waals surface area contributed by atoms with Crippen molar-refractivity contribution in [3.8, 4) is 0 Å². The van der Waals surface area contributed by atoms with Crippen molar-refractivity contribution in [1.29, 1.82) is 0 Å². The molecule has 7 aromatic carbocycles. The Hall–Kier alpha value is -6.96. The van der Waals surface area contributed by atoms with E-state index in [1.165, 1.54) is 33.4 Å². The molecule has 3 aliphatic heterocycles. The second-order valence-corrected chi connectivity index (χ2v) is 41.7. The molecule has 21 nitrogen and oxygen atoms in total. The molecule has 13 N–H and O–H groups in total. The number of aliphatic carboxylic acids is 1. The molecule has 4 aliphatic rings. The minimum atomic E-state index is -5.08. The van der Waals surface area contributed by atoms with Gasteiger partial charge in [-0.15, -0.1) is 0 Å². The Bertz CT molecular complexity index is 4500. The van der Waals surface area contributed by atoms with Crippen LogP contribution in [0.25, 0.3) is 0 Å². The van der Waals surface area contributed by atoms with Gasteiger partial charge in [0.25, 0.3) is 0 Å². The van der Waals surface area contributed by atoms with Crippen LogP contribution in [0.2, 0.25) is 0 Å². The smallest absolute Gasteiger partial charge is 0.475 e. The molecule has 1 saturated carbocycles. The Balaban J connectivity index is 0.00000227. The maximum Gasteiger partial charge on any atom is 0.490 e. The summed E-state index contributed by atoms with van der Waals surface area (Å²) in [7, 11) is 0. The Morgan fingerprint density at radius 3 is 0.794 bits per heavy atom. The molecule has 19 atom stereocenters. The normalized spacial score (nSPS) is 26.7. The van der Waals surface area contributed by atoms with Gasteiger partial charge in [0.1, 0.15) is 73.2 Å². The molecule has 126 heavy (non-hydrogen) atoms. The number of hydrogen-bond donors (Lipinski definition) is 7. The Labute approximate surface area is 747 Å². The molecule has 0 radical (unpaired) electrons. The molecular weight excluding hydrogens is 1610 g/mol. The summed E-state index contributed by atoms with van der Waals surface area (Å²) in [6.07, 6.45) is -19.4. The van der Waals surface area contributed by atoms with E-state index in [1.807, 2.05) is 0 Å². The molecular formula is C102H145F3N6O15. The number of benzene rings is 7. The monoisotopic (exact) mass is 1750 g/mol. The van der Waals surface area contributed by atoms with Crippen LogP contribution < -0.4 is 34.4 Å². The van der Waals surface area contributed by atoms with E-state index in [-0.39, 0.29) is 110 Å². The number of carbonyl (C=O) groups is 1. The Kier molecular flexibility index (Phi) is 34.1. The fraction of sp³-hybridized carbons (Fsp3) is 0.578. The van der Waals surface area contributed by atoms with E-state index >= 15 is 0 Å². The fourth-order valence-electron chi connectivity index (χ4n) is 16.0. The number of halogens is 3. The van der Waals surface area contributed by atoms with Gasteiger partial charge in [-0.05, 0) is 122 Å². The van der Waals surface area contributed by atoms with Crippen molar-refractivity contribution in [3.05, 3.63) is 248 Å². The molecule has 11 rings (SSSR count). The van der Waals surface area contributed by atoms with Crippen LogP contribution in [0.4, 0.5) is 13.2 Å². The number of ether oxygens (including phenoxy) is 13. The average molecular weight is 1750 g/mol. The van der Waals surface area contributed by atoms with Gasteiger partial charge >= 0.3 is 12.1 Å². The van der Waals surface area contributed by atoms with Crippen LogP contribution in [0.15, 0.2) is 170 Å². The number of hydrogen-bond acceptors (Lipinski definition) is 20. The zero-order valence-corrected chi connectivity index (χ0v) is 78.2. The van der Waals surface area contributed by atoms with Gasteiger partial charge in [-0.2, -0.15) is 13.2 Å². The highest BCUT2D eigenvalue weighted by Crippen LogP contribution is 2.41. The van der Waals surface area contributed by atoms with Gasteiger partial charge in [0.15, 0.2) is 18.9 Å². The lowest BCUT2D eigenvalue weighted by Gasteiger charge is -2.49. The standard InChI is InChI=1S/C100H144N6O13.C2HF3O2/c1-94(2,3)68-36-22-61(23-37-68)53-107-60-79-86(118-92-81(106)88(112-58-66-32-46-73(47-33-66)99(16,17)18)85(78(52-102)115-92)110-56-64-28-42-71(43-29-64)97(10,11)12)90(113-59-67-34-48-74(49-35-67)100(19,20)21)93(116-79)119-89-82(108-54-62-24-38-69(39-25-62)95(4,5)6)75(103)50-76(104)83(89)117-91-80(105)87(111-57-65-30-44-72(45-31-65)98(13,14)15)84(77(51-101)114-91)109-55-63-26-40-70(41-27-63)96(7,8)9;3-2(4,5)1(6)7/h22-49,75-93H,50-60,101-106H2,1-21H3;(H,6,7)/t75-,76+,77-,78+,79-,80-,81-,82+,83-,84-,85-,86-,87-,88-,89-,90-,91-,92-,93+;/m1./s1. The summed E-state index contributed by atoms with van der Waals surface area (Å²) in [5.41, 5.74) is 58.5. The molecule has 694 valence electrons. The van der Waals surface area contributed by atoms with E-state index < -0.39 is 128 Å². The Morgan fingerprint density at radius 2 is 0.532 bits per heavy atom. The highest BCUT2D eigenvalue weighted by Gasteiger charge is 2.57. The summed E-state index contributed by atoms with van der Waals surface area (Å²) in [5.74, 6) is -2.76. The Morgan fingerprint density at radius 1 is 0.310 bits per heavy atom. The second kappa shape index (κ2) is 42.5. The molecule has 3 heterocycles. The molecule has 0 aromatic heterocycles. The maximum atomic E-state index is 10.6. The summed E-state index contributed by atoms with van der Waals surface area (Å²) in [5, 5.41) is 7.12. The van der Waals surface area contributed by atoms with Gasteiger partial charge in [0.2, 0.25) is 0 Å². The van der Waals surface area contributed by atoms with Gasteiger partial charge in [-0.3, -0.25) is 0 Å². The van der Waals surface area contributed by atoms with Crippen LogP contribution in [0, 0.1) is 0 Å². The molecule has 0 unspecified atom stereocenters. The highest BCUT2D eigenvalue weighted by molar-refractivity contribution is 5.73. The zero-order chi connectivity index (χ0) is 92.4.